The normalized spacial score (nSPS) is 23.8. The first kappa shape index (κ1) is 16.2. The van der Waals surface area contributed by atoms with Gasteiger partial charge in [-0.3, -0.25) is 9.59 Å². The van der Waals surface area contributed by atoms with Crippen molar-refractivity contribution in [2.24, 2.45) is 5.41 Å². The second-order valence-corrected chi connectivity index (χ2v) is 7.26. The lowest BCUT2D eigenvalue weighted by Crippen LogP contribution is -2.43. The predicted molar refractivity (Wildman–Crippen MR) is 89.7 cm³/mol. The molecule has 134 valence electrons. The maximum Gasteiger partial charge on any atom is 0.310 e. The fourth-order valence-corrected chi connectivity index (χ4v) is 4.14. The highest BCUT2D eigenvalue weighted by Gasteiger charge is 2.47. The third kappa shape index (κ3) is 2.83. The standard InChI is InChI=1S/C19H23NO5/c21-17(12-19(18(22)23)6-2-7-19)20-8-1-3-14(20)13-4-5-15-16(11-13)25-10-9-24-15/h4-5,11,14H,1-3,6-10,12H2,(H,22,23)/t14-/m1/s1. The molecule has 1 atom stereocenters. The predicted octanol–water partition coefficient (Wildman–Crippen LogP) is 2.77. The molecule has 0 aromatic heterocycles. The van der Waals surface area contributed by atoms with E-state index in [1.807, 2.05) is 23.1 Å². The van der Waals surface area contributed by atoms with Crippen LogP contribution in [-0.4, -0.2) is 41.6 Å². The number of carbonyl (C=O) groups is 2. The number of rotatable bonds is 4. The maximum atomic E-state index is 12.8. The molecule has 0 unspecified atom stereocenters. The summed E-state index contributed by atoms with van der Waals surface area (Å²) in [5, 5.41) is 9.49. The van der Waals surface area contributed by atoms with Crippen LogP contribution in [0.4, 0.5) is 0 Å². The third-order valence-electron chi connectivity index (χ3n) is 5.78. The van der Waals surface area contributed by atoms with Crippen molar-refractivity contribution in [2.75, 3.05) is 19.8 Å². The van der Waals surface area contributed by atoms with E-state index in [0.29, 0.717) is 32.6 Å². The van der Waals surface area contributed by atoms with Crippen molar-refractivity contribution in [3.05, 3.63) is 23.8 Å². The lowest BCUT2D eigenvalue weighted by molar-refractivity contribution is -0.159. The van der Waals surface area contributed by atoms with Crippen LogP contribution in [0.5, 0.6) is 11.5 Å². The molecule has 6 heteroatoms. The molecule has 6 nitrogen and oxygen atoms in total. The van der Waals surface area contributed by atoms with Crippen molar-refractivity contribution in [3.8, 4) is 11.5 Å². The van der Waals surface area contributed by atoms with Gasteiger partial charge in [0.15, 0.2) is 11.5 Å². The Morgan fingerprint density at radius 3 is 2.60 bits per heavy atom. The zero-order valence-electron chi connectivity index (χ0n) is 14.2. The minimum Gasteiger partial charge on any atom is -0.486 e. The minimum absolute atomic E-state index is 0.00533. The zero-order chi connectivity index (χ0) is 17.4. The Labute approximate surface area is 146 Å². The number of carbonyl (C=O) groups excluding carboxylic acids is 1. The number of aliphatic carboxylic acids is 1. The van der Waals surface area contributed by atoms with Gasteiger partial charge in [-0.1, -0.05) is 12.5 Å². The fraction of sp³-hybridized carbons (Fsp3) is 0.579. The quantitative estimate of drug-likeness (QED) is 0.908. The highest BCUT2D eigenvalue weighted by molar-refractivity contribution is 5.86. The summed E-state index contributed by atoms with van der Waals surface area (Å²) in [7, 11) is 0. The Balaban J connectivity index is 1.52. The van der Waals surface area contributed by atoms with Gasteiger partial charge in [-0.05, 0) is 43.4 Å². The summed E-state index contributed by atoms with van der Waals surface area (Å²) in [6, 6.07) is 5.84. The number of likely N-dealkylation sites (tertiary alicyclic amines) is 1. The molecule has 0 spiro atoms. The summed E-state index contributed by atoms with van der Waals surface area (Å²) in [5.41, 5.74) is 0.199. The van der Waals surface area contributed by atoms with Crippen LogP contribution in [0.25, 0.3) is 0 Å². The van der Waals surface area contributed by atoms with Crippen LogP contribution in [-0.2, 0) is 9.59 Å². The summed E-state index contributed by atoms with van der Waals surface area (Å²) in [6.07, 6.45) is 4.05. The molecule has 25 heavy (non-hydrogen) atoms. The molecule has 0 radical (unpaired) electrons. The van der Waals surface area contributed by atoms with Crippen LogP contribution >= 0.6 is 0 Å². The van der Waals surface area contributed by atoms with Gasteiger partial charge < -0.3 is 19.5 Å². The van der Waals surface area contributed by atoms with E-state index in [1.165, 1.54) is 0 Å². The first-order valence-electron chi connectivity index (χ1n) is 9.01. The number of hydrogen-bond acceptors (Lipinski definition) is 4. The Morgan fingerprint density at radius 2 is 1.92 bits per heavy atom. The van der Waals surface area contributed by atoms with Crippen molar-refractivity contribution in [1.29, 1.82) is 0 Å². The van der Waals surface area contributed by atoms with Crippen LogP contribution in [0.3, 0.4) is 0 Å². The molecule has 3 aliphatic rings. The van der Waals surface area contributed by atoms with Crippen molar-refractivity contribution < 1.29 is 24.2 Å². The number of fused-ring (bicyclic) bond motifs is 1. The van der Waals surface area contributed by atoms with Gasteiger partial charge in [0.2, 0.25) is 5.91 Å². The van der Waals surface area contributed by atoms with E-state index in [0.717, 1.165) is 36.3 Å². The first-order valence-corrected chi connectivity index (χ1v) is 9.01. The largest absolute Gasteiger partial charge is 0.486 e. The van der Waals surface area contributed by atoms with Gasteiger partial charge >= 0.3 is 5.97 Å². The Kier molecular flexibility index (Phi) is 4.06. The Hall–Kier alpha value is -2.24. The van der Waals surface area contributed by atoms with E-state index in [1.54, 1.807) is 0 Å². The summed E-state index contributed by atoms with van der Waals surface area (Å²) in [5.74, 6) is 0.593. The lowest BCUT2D eigenvalue weighted by atomic mass is 9.66. The van der Waals surface area contributed by atoms with Crippen molar-refractivity contribution in [1.82, 2.24) is 4.90 Å². The average Bonchev–Trinajstić information content (AvgIpc) is 3.07. The molecule has 2 fully saturated rings. The minimum atomic E-state index is -0.836. The maximum absolute atomic E-state index is 12.8. The van der Waals surface area contributed by atoms with Gasteiger partial charge in [-0.15, -0.1) is 0 Å². The monoisotopic (exact) mass is 345 g/mol. The summed E-state index contributed by atoms with van der Waals surface area (Å²) in [6.45, 7) is 1.77. The molecule has 1 aromatic rings. The van der Waals surface area contributed by atoms with E-state index < -0.39 is 11.4 Å². The molecule has 2 aliphatic heterocycles. The molecule has 0 bridgehead atoms. The van der Waals surface area contributed by atoms with Crippen molar-refractivity contribution in [2.45, 2.75) is 44.6 Å². The fourth-order valence-electron chi connectivity index (χ4n) is 4.14. The summed E-state index contributed by atoms with van der Waals surface area (Å²) >= 11 is 0. The molecular weight excluding hydrogens is 322 g/mol. The van der Waals surface area contributed by atoms with Gasteiger partial charge in [0.25, 0.3) is 0 Å². The van der Waals surface area contributed by atoms with Crippen molar-refractivity contribution >= 4 is 11.9 Å². The smallest absolute Gasteiger partial charge is 0.310 e. The molecular formula is C19H23NO5. The Bertz CT molecular complexity index is 697. The van der Waals surface area contributed by atoms with Crippen LogP contribution in [0.1, 0.15) is 50.1 Å². The topological polar surface area (TPSA) is 76.1 Å². The number of ether oxygens (including phenoxy) is 2. The van der Waals surface area contributed by atoms with E-state index in [2.05, 4.69) is 0 Å². The van der Waals surface area contributed by atoms with Gasteiger partial charge in [-0.2, -0.15) is 0 Å². The van der Waals surface area contributed by atoms with Crippen LogP contribution < -0.4 is 9.47 Å². The Morgan fingerprint density at radius 1 is 1.16 bits per heavy atom. The van der Waals surface area contributed by atoms with Crippen LogP contribution in [0.2, 0.25) is 0 Å². The van der Waals surface area contributed by atoms with E-state index >= 15 is 0 Å². The second kappa shape index (κ2) is 6.24. The molecule has 1 N–H and O–H groups in total. The van der Waals surface area contributed by atoms with Gasteiger partial charge in [-0.25, -0.2) is 0 Å². The molecule has 1 aromatic carbocycles. The molecule has 2 heterocycles. The number of hydrogen-bond donors (Lipinski definition) is 1. The third-order valence-corrected chi connectivity index (χ3v) is 5.78. The molecule has 4 rings (SSSR count). The van der Waals surface area contributed by atoms with Gasteiger partial charge in [0.05, 0.1) is 11.5 Å². The summed E-state index contributed by atoms with van der Waals surface area (Å²) in [4.78, 5) is 26.3. The molecule has 1 amide bonds. The highest BCUT2D eigenvalue weighted by atomic mass is 16.6. The number of benzene rings is 1. The van der Waals surface area contributed by atoms with E-state index in [-0.39, 0.29) is 18.4 Å². The highest BCUT2D eigenvalue weighted by Crippen LogP contribution is 2.46. The number of amides is 1. The number of nitrogens with zero attached hydrogens (tertiary/aromatic N) is 1. The van der Waals surface area contributed by atoms with Gasteiger partial charge in [0.1, 0.15) is 13.2 Å². The lowest BCUT2D eigenvalue weighted by Gasteiger charge is -2.38. The number of carboxylic acid groups (broad SMARTS) is 1. The van der Waals surface area contributed by atoms with Crippen LogP contribution in [0.15, 0.2) is 18.2 Å². The summed E-state index contributed by atoms with van der Waals surface area (Å²) < 4.78 is 11.2. The zero-order valence-corrected chi connectivity index (χ0v) is 14.2. The van der Waals surface area contributed by atoms with Crippen LogP contribution in [0, 0.1) is 5.41 Å². The molecule has 1 saturated heterocycles. The second-order valence-electron chi connectivity index (χ2n) is 7.26. The van der Waals surface area contributed by atoms with E-state index in [4.69, 9.17) is 9.47 Å². The van der Waals surface area contributed by atoms with E-state index in [9.17, 15) is 14.7 Å². The number of carboxylic acids is 1. The SMILES string of the molecule is O=C(CC1(C(=O)O)CCC1)N1CCC[C@@H]1c1ccc2c(c1)OCCO2. The first-order chi connectivity index (χ1) is 12.1. The van der Waals surface area contributed by atoms with Crippen molar-refractivity contribution in [3.63, 3.8) is 0 Å². The molecule has 1 aliphatic carbocycles. The van der Waals surface area contributed by atoms with Gasteiger partial charge in [0, 0.05) is 13.0 Å². The molecule has 1 saturated carbocycles. The average molecular weight is 345 g/mol.